The Morgan fingerprint density at radius 2 is 1.80 bits per heavy atom. The molecule has 3 aliphatic carbocycles. The third-order valence-electron chi connectivity index (χ3n) is 7.66. The quantitative estimate of drug-likeness (QED) is 0.412. The number of hydrogen-bond donors (Lipinski definition) is 1. The Labute approximate surface area is 178 Å². The van der Waals surface area contributed by atoms with E-state index in [1.807, 2.05) is 13.8 Å². The minimum absolute atomic E-state index is 0.0193. The number of aliphatic hydroxyl groups is 1. The summed E-state index contributed by atoms with van der Waals surface area (Å²) in [6, 6.07) is 0. The average molecular weight is 423 g/mol. The van der Waals surface area contributed by atoms with Crippen molar-refractivity contribution in [2.24, 2.45) is 34.5 Å². The molecule has 0 unspecified atom stereocenters. The second-order valence-corrected chi connectivity index (χ2v) is 9.51. The molecule has 3 rings (SSSR count). The first kappa shape index (κ1) is 22.8. The standard InChI is InChI=1S/C23H34O7/c1-22(2)17-10-8-13-16(23(17,3)11-15(19(22)24)21(26)29-6)9-7-14(20(25)28-5)18(13)30-12-27-4/h8,10,13-14,16-18,24H,7,9,11-12H2,1-6H3/t13-,14-,16-,17-,18+,23+/m0/s1. The summed E-state index contributed by atoms with van der Waals surface area (Å²) < 4.78 is 21.1. The van der Waals surface area contributed by atoms with Gasteiger partial charge in [-0.15, -0.1) is 0 Å². The Bertz CT molecular complexity index is 753. The van der Waals surface area contributed by atoms with Crippen LogP contribution in [0.2, 0.25) is 0 Å². The maximum atomic E-state index is 12.5. The summed E-state index contributed by atoms with van der Waals surface area (Å²) in [5.41, 5.74) is -0.561. The molecule has 0 aliphatic heterocycles. The maximum absolute atomic E-state index is 12.5. The summed E-state index contributed by atoms with van der Waals surface area (Å²) in [4.78, 5) is 24.9. The van der Waals surface area contributed by atoms with E-state index in [2.05, 4.69) is 19.1 Å². The molecule has 30 heavy (non-hydrogen) atoms. The second kappa shape index (κ2) is 8.35. The van der Waals surface area contributed by atoms with Crippen molar-refractivity contribution in [3.05, 3.63) is 23.5 Å². The molecule has 3 aliphatic rings. The van der Waals surface area contributed by atoms with Crippen LogP contribution in [0.15, 0.2) is 23.5 Å². The molecule has 1 N–H and O–H groups in total. The lowest BCUT2D eigenvalue weighted by Crippen LogP contribution is -2.56. The summed E-state index contributed by atoms with van der Waals surface area (Å²) in [6.07, 6.45) is 5.76. The number of allylic oxidation sites excluding steroid dienone is 2. The Morgan fingerprint density at radius 3 is 2.40 bits per heavy atom. The topological polar surface area (TPSA) is 91.3 Å². The van der Waals surface area contributed by atoms with Crippen molar-refractivity contribution in [2.45, 2.75) is 46.1 Å². The molecule has 0 amide bonds. The molecule has 0 radical (unpaired) electrons. The number of methoxy groups -OCH3 is 3. The number of carbonyl (C=O) groups excluding carboxylic acids is 2. The molecule has 6 atom stereocenters. The third kappa shape index (κ3) is 3.46. The molecule has 168 valence electrons. The summed E-state index contributed by atoms with van der Waals surface area (Å²) in [5.74, 6) is -0.824. The zero-order valence-electron chi connectivity index (χ0n) is 18.8. The van der Waals surface area contributed by atoms with Crippen LogP contribution >= 0.6 is 0 Å². The minimum atomic E-state index is -0.611. The maximum Gasteiger partial charge on any atom is 0.337 e. The fraction of sp³-hybridized carbons (Fsp3) is 0.739. The Hall–Kier alpha value is -1.86. The van der Waals surface area contributed by atoms with Crippen LogP contribution in [0, 0.1) is 34.5 Å². The van der Waals surface area contributed by atoms with Gasteiger partial charge in [0.1, 0.15) is 12.6 Å². The number of carbonyl (C=O) groups is 2. The first-order valence-corrected chi connectivity index (χ1v) is 10.5. The van der Waals surface area contributed by atoms with Gasteiger partial charge in [0.2, 0.25) is 0 Å². The smallest absolute Gasteiger partial charge is 0.337 e. The van der Waals surface area contributed by atoms with Crippen molar-refractivity contribution < 1.29 is 33.6 Å². The molecule has 0 aromatic rings. The van der Waals surface area contributed by atoms with E-state index in [1.165, 1.54) is 14.2 Å². The van der Waals surface area contributed by atoms with Crippen molar-refractivity contribution in [1.29, 1.82) is 0 Å². The fourth-order valence-electron chi connectivity index (χ4n) is 6.29. The lowest BCUT2D eigenvalue weighted by atomic mass is 9.46. The second-order valence-electron chi connectivity index (χ2n) is 9.51. The van der Waals surface area contributed by atoms with Crippen molar-refractivity contribution >= 4 is 11.9 Å². The number of rotatable bonds is 5. The Kier molecular flexibility index (Phi) is 6.35. The van der Waals surface area contributed by atoms with Gasteiger partial charge in [0, 0.05) is 18.4 Å². The van der Waals surface area contributed by atoms with Crippen LogP contribution in [0.3, 0.4) is 0 Å². The van der Waals surface area contributed by atoms with E-state index < -0.39 is 11.4 Å². The lowest BCUT2D eigenvalue weighted by molar-refractivity contribution is -0.176. The van der Waals surface area contributed by atoms with Crippen LogP contribution in [-0.4, -0.2) is 51.3 Å². The highest BCUT2D eigenvalue weighted by molar-refractivity contribution is 5.89. The zero-order chi connectivity index (χ0) is 22.3. The summed E-state index contributed by atoms with van der Waals surface area (Å²) in [5, 5.41) is 10.9. The Balaban J connectivity index is 2.03. The van der Waals surface area contributed by atoms with E-state index in [-0.39, 0.29) is 53.7 Å². The predicted molar refractivity (Wildman–Crippen MR) is 109 cm³/mol. The van der Waals surface area contributed by atoms with Gasteiger partial charge in [-0.1, -0.05) is 32.9 Å². The molecule has 0 bridgehead atoms. The molecule has 1 saturated carbocycles. The molecule has 7 nitrogen and oxygen atoms in total. The van der Waals surface area contributed by atoms with Crippen molar-refractivity contribution in [1.82, 2.24) is 0 Å². The SMILES string of the molecule is COCO[C@@H]1[C@H]2C=C[C@H]3C(C)(C)C(O)=C(C(=O)OC)C[C@]3(C)[C@H]2CC[C@@H]1C(=O)OC. The van der Waals surface area contributed by atoms with Gasteiger partial charge in [-0.25, -0.2) is 4.79 Å². The van der Waals surface area contributed by atoms with Crippen LogP contribution < -0.4 is 0 Å². The van der Waals surface area contributed by atoms with Gasteiger partial charge in [-0.2, -0.15) is 0 Å². The van der Waals surface area contributed by atoms with E-state index >= 15 is 0 Å². The highest BCUT2D eigenvalue weighted by Gasteiger charge is 2.60. The van der Waals surface area contributed by atoms with Gasteiger partial charge in [-0.3, -0.25) is 4.79 Å². The first-order chi connectivity index (χ1) is 14.1. The van der Waals surface area contributed by atoms with Crippen LogP contribution in [-0.2, 0) is 28.5 Å². The van der Waals surface area contributed by atoms with Gasteiger partial charge in [0.05, 0.1) is 31.8 Å². The van der Waals surface area contributed by atoms with Gasteiger partial charge in [0.15, 0.2) is 0 Å². The van der Waals surface area contributed by atoms with E-state index in [0.717, 1.165) is 6.42 Å². The minimum Gasteiger partial charge on any atom is -0.511 e. The molecule has 0 aromatic carbocycles. The molecule has 1 fully saturated rings. The van der Waals surface area contributed by atoms with Crippen LogP contribution in [0.5, 0.6) is 0 Å². The molecule has 0 aromatic heterocycles. The molecular weight excluding hydrogens is 388 g/mol. The van der Waals surface area contributed by atoms with Crippen molar-refractivity contribution in [2.75, 3.05) is 28.1 Å². The fourth-order valence-corrected chi connectivity index (χ4v) is 6.29. The number of hydrogen-bond acceptors (Lipinski definition) is 7. The molecule has 0 saturated heterocycles. The molecule has 7 heteroatoms. The number of ether oxygens (including phenoxy) is 4. The number of fused-ring (bicyclic) bond motifs is 3. The average Bonchev–Trinajstić information content (AvgIpc) is 2.73. The molecular formula is C23H34O7. The van der Waals surface area contributed by atoms with Gasteiger partial charge in [-0.05, 0) is 36.5 Å². The third-order valence-corrected chi connectivity index (χ3v) is 7.66. The van der Waals surface area contributed by atoms with E-state index in [1.54, 1.807) is 7.11 Å². The highest BCUT2D eigenvalue weighted by atomic mass is 16.7. The van der Waals surface area contributed by atoms with E-state index in [0.29, 0.717) is 18.4 Å². The van der Waals surface area contributed by atoms with Gasteiger partial charge in [0.25, 0.3) is 0 Å². The summed E-state index contributed by atoms with van der Waals surface area (Å²) in [7, 11) is 4.29. The normalized spacial score (nSPS) is 37.2. The van der Waals surface area contributed by atoms with Crippen molar-refractivity contribution in [3.8, 4) is 0 Å². The monoisotopic (exact) mass is 422 g/mol. The molecule has 0 spiro atoms. The van der Waals surface area contributed by atoms with Gasteiger partial charge >= 0.3 is 11.9 Å². The van der Waals surface area contributed by atoms with Crippen LogP contribution in [0.1, 0.15) is 40.0 Å². The summed E-state index contributed by atoms with van der Waals surface area (Å²) >= 11 is 0. The molecule has 0 heterocycles. The zero-order valence-corrected chi connectivity index (χ0v) is 18.8. The largest absolute Gasteiger partial charge is 0.511 e. The van der Waals surface area contributed by atoms with Gasteiger partial charge < -0.3 is 24.1 Å². The van der Waals surface area contributed by atoms with Crippen LogP contribution in [0.4, 0.5) is 0 Å². The summed E-state index contributed by atoms with van der Waals surface area (Å²) in [6.45, 7) is 6.21. The number of esters is 2. The van der Waals surface area contributed by atoms with E-state index in [4.69, 9.17) is 18.9 Å². The van der Waals surface area contributed by atoms with E-state index in [9.17, 15) is 14.7 Å². The number of aliphatic hydroxyl groups excluding tert-OH is 1. The van der Waals surface area contributed by atoms with Crippen molar-refractivity contribution in [3.63, 3.8) is 0 Å². The Morgan fingerprint density at radius 1 is 1.10 bits per heavy atom. The predicted octanol–water partition coefficient (Wildman–Crippen LogP) is 3.40. The lowest BCUT2D eigenvalue weighted by Gasteiger charge is -2.59. The van der Waals surface area contributed by atoms with Crippen LogP contribution in [0.25, 0.3) is 0 Å². The first-order valence-electron chi connectivity index (χ1n) is 10.5. The highest BCUT2D eigenvalue weighted by Crippen LogP contribution is 2.63.